The van der Waals surface area contributed by atoms with Crippen LogP contribution in [0.15, 0.2) is 0 Å². The van der Waals surface area contributed by atoms with E-state index in [0.29, 0.717) is 10.8 Å². The van der Waals surface area contributed by atoms with Crippen LogP contribution < -0.4 is 0 Å². The summed E-state index contributed by atoms with van der Waals surface area (Å²) >= 11 is 14.2. The molecule has 0 spiro atoms. The number of thioether (sulfide) groups is 2. The van der Waals surface area contributed by atoms with E-state index in [0.717, 1.165) is 16.4 Å². The SMILES string of the molecule is CCC1C(C)(S)CC1(C)C1CSC(C(C)(C)CC(C)(C)S)CS1. The van der Waals surface area contributed by atoms with Crippen LogP contribution in [0.5, 0.6) is 0 Å². The summed E-state index contributed by atoms with van der Waals surface area (Å²) in [6, 6.07) is 0. The fourth-order valence-corrected chi connectivity index (χ4v) is 10.7. The second-order valence-corrected chi connectivity index (χ2v) is 14.3. The van der Waals surface area contributed by atoms with Crippen molar-refractivity contribution < 1.29 is 0 Å². The summed E-state index contributed by atoms with van der Waals surface area (Å²) in [5.74, 6) is 3.36. The smallest absolute Gasteiger partial charge is 0.0196 e. The molecule has 0 aromatic heterocycles. The van der Waals surface area contributed by atoms with Gasteiger partial charge in [0.15, 0.2) is 0 Å². The van der Waals surface area contributed by atoms with E-state index in [4.69, 9.17) is 25.3 Å². The molecule has 0 radical (unpaired) electrons. The third-order valence-electron chi connectivity index (χ3n) is 6.09. The molecule has 1 saturated heterocycles. The molecule has 1 saturated carbocycles. The minimum atomic E-state index is 0.118. The van der Waals surface area contributed by atoms with Gasteiger partial charge in [-0.05, 0) is 29.6 Å². The highest BCUT2D eigenvalue weighted by Crippen LogP contribution is 2.63. The van der Waals surface area contributed by atoms with E-state index in [-0.39, 0.29) is 9.49 Å². The first-order valence-corrected chi connectivity index (χ1v) is 12.0. The van der Waals surface area contributed by atoms with Gasteiger partial charge in [0, 0.05) is 31.5 Å². The molecule has 23 heavy (non-hydrogen) atoms. The van der Waals surface area contributed by atoms with Gasteiger partial charge in [0.2, 0.25) is 0 Å². The van der Waals surface area contributed by atoms with Crippen LogP contribution in [-0.4, -0.2) is 31.5 Å². The summed E-state index contributed by atoms with van der Waals surface area (Å²) in [6.45, 7) is 16.6. The molecule has 1 aliphatic carbocycles. The Morgan fingerprint density at radius 2 is 1.70 bits per heavy atom. The van der Waals surface area contributed by atoms with Crippen LogP contribution >= 0.6 is 48.8 Å². The van der Waals surface area contributed by atoms with E-state index in [2.05, 4.69) is 72.0 Å². The van der Waals surface area contributed by atoms with E-state index < -0.39 is 0 Å². The van der Waals surface area contributed by atoms with Gasteiger partial charge in [-0.15, -0.1) is 0 Å². The van der Waals surface area contributed by atoms with E-state index in [1.165, 1.54) is 30.8 Å². The van der Waals surface area contributed by atoms with Gasteiger partial charge in [0.05, 0.1) is 0 Å². The lowest BCUT2D eigenvalue weighted by atomic mass is 9.52. The molecule has 136 valence electrons. The molecule has 2 rings (SSSR count). The number of rotatable bonds is 5. The van der Waals surface area contributed by atoms with Crippen LogP contribution in [0.25, 0.3) is 0 Å². The van der Waals surface area contributed by atoms with Gasteiger partial charge in [0.1, 0.15) is 0 Å². The normalized spacial score (nSPS) is 42.4. The molecule has 5 atom stereocenters. The lowest BCUT2D eigenvalue weighted by molar-refractivity contribution is 0.00936. The van der Waals surface area contributed by atoms with Crippen molar-refractivity contribution in [3.05, 3.63) is 0 Å². The first kappa shape index (κ1) is 20.7. The maximum atomic E-state index is 4.94. The highest BCUT2D eigenvalue weighted by molar-refractivity contribution is 8.07. The Labute approximate surface area is 164 Å². The van der Waals surface area contributed by atoms with Crippen molar-refractivity contribution in [1.82, 2.24) is 0 Å². The van der Waals surface area contributed by atoms with Gasteiger partial charge < -0.3 is 0 Å². The molecule has 1 aliphatic heterocycles. The maximum absolute atomic E-state index is 4.94. The Morgan fingerprint density at radius 3 is 2.09 bits per heavy atom. The molecule has 0 aromatic rings. The average Bonchev–Trinajstić information content (AvgIpc) is 2.35. The minimum Gasteiger partial charge on any atom is -0.173 e. The lowest BCUT2D eigenvalue weighted by Gasteiger charge is -2.62. The summed E-state index contributed by atoms with van der Waals surface area (Å²) < 4.78 is 0.369. The Kier molecular flexibility index (Phi) is 6.17. The van der Waals surface area contributed by atoms with Crippen LogP contribution in [0, 0.1) is 16.7 Å². The Morgan fingerprint density at radius 1 is 1.09 bits per heavy atom. The molecule has 2 aliphatic rings. The molecular formula is C19H36S4. The number of hydrogen-bond acceptors (Lipinski definition) is 4. The van der Waals surface area contributed by atoms with Crippen molar-refractivity contribution in [2.24, 2.45) is 16.7 Å². The van der Waals surface area contributed by atoms with Crippen LogP contribution in [-0.2, 0) is 0 Å². The van der Waals surface area contributed by atoms with Crippen molar-refractivity contribution in [3.63, 3.8) is 0 Å². The zero-order valence-corrected chi connectivity index (χ0v) is 19.4. The molecule has 0 bridgehead atoms. The summed E-state index contributed by atoms with van der Waals surface area (Å²) in [6.07, 6.45) is 3.72. The van der Waals surface area contributed by atoms with Crippen molar-refractivity contribution in [2.75, 3.05) is 11.5 Å². The third kappa shape index (κ3) is 4.39. The molecule has 4 heteroatoms. The number of thiol groups is 2. The van der Waals surface area contributed by atoms with Crippen LogP contribution in [0.1, 0.15) is 67.7 Å². The van der Waals surface area contributed by atoms with Crippen LogP contribution in [0.2, 0.25) is 0 Å². The highest BCUT2D eigenvalue weighted by atomic mass is 32.2. The Hall–Kier alpha value is 1.40. The summed E-state index contributed by atoms with van der Waals surface area (Å²) in [5.41, 5.74) is 0.845. The summed E-state index contributed by atoms with van der Waals surface area (Å²) in [7, 11) is 0. The van der Waals surface area contributed by atoms with Gasteiger partial charge in [-0.25, -0.2) is 0 Å². The first-order valence-electron chi connectivity index (χ1n) is 9.00. The fraction of sp³-hybridized carbons (Fsp3) is 1.00. The van der Waals surface area contributed by atoms with E-state index in [1.54, 1.807) is 0 Å². The van der Waals surface area contributed by atoms with Crippen LogP contribution in [0.4, 0.5) is 0 Å². The second kappa shape index (κ2) is 6.85. The molecule has 0 amide bonds. The Bertz CT molecular complexity index is 416. The monoisotopic (exact) mass is 392 g/mol. The topological polar surface area (TPSA) is 0 Å². The van der Waals surface area contributed by atoms with Gasteiger partial charge >= 0.3 is 0 Å². The largest absolute Gasteiger partial charge is 0.173 e. The van der Waals surface area contributed by atoms with Crippen molar-refractivity contribution in [2.45, 2.75) is 87.7 Å². The van der Waals surface area contributed by atoms with Crippen molar-refractivity contribution in [1.29, 1.82) is 0 Å². The molecule has 5 unspecified atom stereocenters. The first-order chi connectivity index (χ1) is 10.3. The zero-order valence-electron chi connectivity index (χ0n) is 16.0. The van der Waals surface area contributed by atoms with E-state index >= 15 is 0 Å². The van der Waals surface area contributed by atoms with Gasteiger partial charge in [-0.1, -0.05) is 54.9 Å². The summed E-state index contributed by atoms with van der Waals surface area (Å²) in [5, 5.41) is 1.55. The number of hydrogen-bond donors (Lipinski definition) is 2. The van der Waals surface area contributed by atoms with Crippen molar-refractivity contribution >= 4 is 48.8 Å². The maximum Gasteiger partial charge on any atom is 0.0196 e. The van der Waals surface area contributed by atoms with Gasteiger partial charge in [-0.3, -0.25) is 0 Å². The zero-order chi connectivity index (χ0) is 17.7. The molecule has 0 aromatic carbocycles. The lowest BCUT2D eigenvalue weighted by Crippen LogP contribution is -2.60. The molecule has 1 heterocycles. The average molecular weight is 393 g/mol. The van der Waals surface area contributed by atoms with Gasteiger partial charge in [-0.2, -0.15) is 48.8 Å². The van der Waals surface area contributed by atoms with E-state index in [9.17, 15) is 0 Å². The molecule has 0 N–H and O–H groups in total. The predicted octanol–water partition coefficient (Wildman–Crippen LogP) is 6.45. The van der Waals surface area contributed by atoms with Crippen LogP contribution in [0.3, 0.4) is 0 Å². The molecular weight excluding hydrogens is 356 g/mol. The van der Waals surface area contributed by atoms with Gasteiger partial charge in [0.25, 0.3) is 0 Å². The molecule has 2 fully saturated rings. The highest BCUT2D eigenvalue weighted by Gasteiger charge is 2.59. The fourth-order valence-electron chi connectivity index (χ4n) is 5.41. The molecule has 0 nitrogen and oxygen atoms in total. The van der Waals surface area contributed by atoms with E-state index in [1.807, 2.05) is 0 Å². The minimum absolute atomic E-state index is 0.118. The standard InChI is InChI=1S/C19H36S4/c1-8-13-18(6,12-19(13,7)21)15-10-22-14(9-23-15)16(2,3)11-17(4,5)20/h13-15,20-21H,8-12H2,1-7H3. The quantitative estimate of drug-likeness (QED) is 0.516. The third-order valence-corrected chi connectivity index (χ3v) is 10.5. The van der Waals surface area contributed by atoms with Crippen molar-refractivity contribution in [3.8, 4) is 0 Å². The second-order valence-electron chi connectivity index (χ2n) is 9.62. The predicted molar refractivity (Wildman–Crippen MR) is 118 cm³/mol. The Balaban J connectivity index is 1.97. The summed E-state index contributed by atoms with van der Waals surface area (Å²) in [4.78, 5) is 0.